The highest BCUT2D eigenvalue weighted by molar-refractivity contribution is 6.31. The molecule has 10 heteroatoms. The minimum absolute atomic E-state index is 0.0545. The van der Waals surface area contributed by atoms with Crippen molar-refractivity contribution in [3.8, 4) is 5.75 Å². The second-order valence-electron chi connectivity index (χ2n) is 8.58. The van der Waals surface area contributed by atoms with E-state index in [4.69, 9.17) is 16.3 Å². The lowest BCUT2D eigenvalue weighted by Gasteiger charge is -2.26. The average molecular weight is 488 g/mol. The maximum absolute atomic E-state index is 13.1. The van der Waals surface area contributed by atoms with Gasteiger partial charge < -0.3 is 20.3 Å². The van der Waals surface area contributed by atoms with E-state index in [1.807, 2.05) is 13.8 Å². The van der Waals surface area contributed by atoms with Crippen molar-refractivity contribution in [1.82, 2.24) is 25.5 Å². The normalized spacial score (nSPS) is 18.1. The molecular weight excluding hydrogens is 458 g/mol. The summed E-state index contributed by atoms with van der Waals surface area (Å²) in [4.78, 5) is 48.4. The summed E-state index contributed by atoms with van der Waals surface area (Å²) >= 11 is 6.10. The number of benzene rings is 1. The van der Waals surface area contributed by atoms with Crippen LogP contribution in [0.5, 0.6) is 5.75 Å². The first kappa shape index (κ1) is 25.4. The molecule has 3 rings (SSSR count). The summed E-state index contributed by atoms with van der Waals surface area (Å²) in [6.07, 6.45) is 4.14. The van der Waals surface area contributed by atoms with Gasteiger partial charge in [0.25, 0.3) is 11.8 Å². The van der Waals surface area contributed by atoms with E-state index in [0.29, 0.717) is 53.7 Å². The number of rotatable bonds is 2. The van der Waals surface area contributed by atoms with Crippen molar-refractivity contribution < 1.29 is 19.1 Å². The van der Waals surface area contributed by atoms with Crippen LogP contribution in [0.4, 0.5) is 0 Å². The fourth-order valence-electron chi connectivity index (χ4n) is 3.47. The number of ether oxygens (including phenoxy) is 1. The molecule has 182 valence electrons. The number of carbonyl (C=O) groups is 3. The summed E-state index contributed by atoms with van der Waals surface area (Å²) < 4.78 is 5.93. The standard InChI is InChI=1S/C24H30ClN5O4/c1-15(2)20-14-34-21-7-6-18(25)10-19(21)23(32)26-8-4-5-9-30(13-22(31)29-20)24(33)17-11-27-16(3)28-12-17/h6-7,10-12,15,20H,4-5,8-9,13-14H2,1-3H3,(H,26,32)(H,29,31)/t20-/m1/s1. The Labute approximate surface area is 204 Å². The number of nitrogens with zero attached hydrogens (tertiary/aromatic N) is 3. The van der Waals surface area contributed by atoms with Crippen LogP contribution in [0.2, 0.25) is 5.02 Å². The molecule has 0 saturated heterocycles. The first-order valence-corrected chi connectivity index (χ1v) is 11.7. The third-order valence-corrected chi connectivity index (χ3v) is 5.78. The second kappa shape index (κ2) is 11.8. The Morgan fingerprint density at radius 3 is 2.65 bits per heavy atom. The number of aromatic nitrogens is 2. The zero-order valence-corrected chi connectivity index (χ0v) is 20.4. The van der Waals surface area contributed by atoms with Crippen LogP contribution in [0.1, 0.15) is 53.2 Å². The Kier molecular flexibility index (Phi) is 8.81. The molecule has 0 spiro atoms. The zero-order chi connectivity index (χ0) is 24.7. The van der Waals surface area contributed by atoms with Crippen molar-refractivity contribution >= 4 is 29.3 Å². The molecule has 1 atom stereocenters. The number of halogens is 1. The third kappa shape index (κ3) is 6.90. The van der Waals surface area contributed by atoms with E-state index in [-0.39, 0.29) is 42.8 Å². The summed E-state index contributed by atoms with van der Waals surface area (Å²) in [5, 5.41) is 6.27. The van der Waals surface area contributed by atoms with Gasteiger partial charge in [-0.25, -0.2) is 9.97 Å². The van der Waals surface area contributed by atoms with Crippen LogP contribution >= 0.6 is 11.6 Å². The summed E-state index contributed by atoms with van der Waals surface area (Å²) in [5.74, 6) is 0.116. The van der Waals surface area contributed by atoms with Gasteiger partial charge in [-0.1, -0.05) is 25.4 Å². The number of fused-ring (bicyclic) bond motifs is 1. The molecule has 0 saturated carbocycles. The van der Waals surface area contributed by atoms with Gasteiger partial charge in [0.15, 0.2) is 0 Å². The van der Waals surface area contributed by atoms with Crippen molar-refractivity contribution in [2.75, 3.05) is 26.2 Å². The molecule has 0 bridgehead atoms. The van der Waals surface area contributed by atoms with Crippen LogP contribution in [0, 0.1) is 12.8 Å². The molecule has 9 nitrogen and oxygen atoms in total. The average Bonchev–Trinajstić information content (AvgIpc) is 2.81. The Morgan fingerprint density at radius 2 is 1.94 bits per heavy atom. The Balaban J connectivity index is 1.82. The van der Waals surface area contributed by atoms with Gasteiger partial charge in [-0.3, -0.25) is 14.4 Å². The monoisotopic (exact) mass is 487 g/mol. The van der Waals surface area contributed by atoms with Gasteiger partial charge in [0, 0.05) is 30.5 Å². The molecule has 0 unspecified atom stereocenters. The quantitative estimate of drug-likeness (QED) is 0.673. The van der Waals surface area contributed by atoms with Gasteiger partial charge in [-0.2, -0.15) is 0 Å². The number of carbonyl (C=O) groups excluding carboxylic acids is 3. The highest BCUT2D eigenvalue weighted by Crippen LogP contribution is 2.24. The van der Waals surface area contributed by atoms with Gasteiger partial charge in [0.05, 0.1) is 23.7 Å². The van der Waals surface area contributed by atoms with E-state index in [1.54, 1.807) is 25.1 Å². The number of hydrogen-bond acceptors (Lipinski definition) is 6. The molecular formula is C24H30ClN5O4. The van der Waals surface area contributed by atoms with E-state index in [1.165, 1.54) is 17.3 Å². The third-order valence-electron chi connectivity index (χ3n) is 5.55. The maximum Gasteiger partial charge on any atom is 0.257 e. The topological polar surface area (TPSA) is 114 Å². The van der Waals surface area contributed by atoms with Crippen molar-refractivity contribution in [1.29, 1.82) is 0 Å². The predicted molar refractivity (Wildman–Crippen MR) is 128 cm³/mol. The summed E-state index contributed by atoms with van der Waals surface area (Å²) in [6, 6.07) is 4.54. The lowest BCUT2D eigenvalue weighted by Crippen LogP contribution is -2.48. The van der Waals surface area contributed by atoms with Crippen molar-refractivity contribution in [2.24, 2.45) is 5.92 Å². The van der Waals surface area contributed by atoms with Crippen molar-refractivity contribution in [3.05, 3.63) is 52.6 Å². The fourth-order valence-corrected chi connectivity index (χ4v) is 3.65. The fraction of sp³-hybridized carbons (Fsp3) is 0.458. The minimum Gasteiger partial charge on any atom is -0.491 e. The van der Waals surface area contributed by atoms with Crippen LogP contribution in [-0.2, 0) is 4.79 Å². The molecule has 2 heterocycles. The number of aryl methyl sites for hydroxylation is 1. The van der Waals surface area contributed by atoms with Crippen molar-refractivity contribution in [2.45, 2.75) is 39.7 Å². The highest BCUT2D eigenvalue weighted by Gasteiger charge is 2.24. The number of amides is 3. The van der Waals surface area contributed by atoms with Gasteiger partial charge in [0.2, 0.25) is 5.91 Å². The van der Waals surface area contributed by atoms with Crippen LogP contribution in [0.15, 0.2) is 30.6 Å². The summed E-state index contributed by atoms with van der Waals surface area (Å²) in [6.45, 7) is 6.47. The van der Waals surface area contributed by atoms with Gasteiger partial charge >= 0.3 is 0 Å². The first-order valence-electron chi connectivity index (χ1n) is 11.3. The van der Waals surface area contributed by atoms with E-state index in [2.05, 4.69) is 20.6 Å². The van der Waals surface area contributed by atoms with E-state index in [0.717, 1.165) is 0 Å². The largest absolute Gasteiger partial charge is 0.491 e. The summed E-state index contributed by atoms with van der Waals surface area (Å²) in [7, 11) is 0. The summed E-state index contributed by atoms with van der Waals surface area (Å²) in [5.41, 5.74) is 0.660. The number of nitrogens with one attached hydrogen (secondary N) is 2. The lowest BCUT2D eigenvalue weighted by molar-refractivity contribution is -0.123. The van der Waals surface area contributed by atoms with Crippen LogP contribution in [0.3, 0.4) is 0 Å². The first-order chi connectivity index (χ1) is 16.2. The lowest BCUT2D eigenvalue weighted by atomic mass is 10.1. The molecule has 0 radical (unpaired) electrons. The SMILES string of the molecule is Cc1ncc(C(=O)N2CCCCNC(=O)c3cc(Cl)ccc3OC[C@H](C(C)C)NC(=O)C2)cn1. The second-order valence-corrected chi connectivity index (χ2v) is 9.01. The molecule has 1 aliphatic rings. The molecule has 1 aromatic carbocycles. The smallest absolute Gasteiger partial charge is 0.257 e. The minimum atomic E-state index is -0.330. The Hall–Kier alpha value is -3.20. The number of hydrogen-bond donors (Lipinski definition) is 2. The Morgan fingerprint density at radius 1 is 1.21 bits per heavy atom. The molecule has 34 heavy (non-hydrogen) atoms. The van der Waals surface area contributed by atoms with E-state index in [9.17, 15) is 14.4 Å². The van der Waals surface area contributed by atoms with Crippen molar-refractivity contribution in [3.63, 3.8) is 0 Å². The molecule has 2 N–H and O–H groups in total. The van der Waals surface area contributed by atoms with Crippen LogP contribution < -0.4 is 15.4 Å². The highest BCUT2D eigenvalue weighted by atomic mass is 35.5. The predicted octanol–water partition coefficient (Wildman–Crippen LogP) is 2.62. The van der Waals surface area contributed by atoms with Gasteiger partial charge in [-0.15, -0.1) is 0 Å². The molecule has 1 aromatic heterocycles. The van der Waals surface area contributed by atoms with Gasteiger partial charge in [0.1, 0.15) is 18.2 Å². The molecule has 0 aliphatic carbocycles. The van der Waals surface area contributed by atoms with E-state index < -0.39 is 0 Å². The van der Waals surface area contributed by atoms with Crippen LogP contribution in [0.25, 0.3) is 0 Å². The molecule has 1 aliphatic heterocycles. The van der Waals surface area contributed by atoms with E-state index >= 15 is 0 Å². The van der Waals surface area contributed by atoms with Crippen LogP contribution in [-0.4, -0.2) is 64.9 Å². The zero-order valence-electron chi connectivity index (χ0n) is 19.6. The van der Waals surface area contributed by atoms with Gasteiger partial charge in [-0.05, 0) is 43.9 Å². The molecule has 2 aromatic rings. The molecule has 0 fully saturated rings. The maximum atomic E-state index is 13.1. The molecule has 3 amide bonds. The Bertz CT molecular complexity index is 1030.